The van der Waals surface area contributed by atoms with Crippen molar-refractivity contribution in [3.05, 3.63) is 77.7 Å². The minimum Gasteiger partial charge on any atom is -0.457 e. The van der Waals surface area contributed by atoms with E-state index < -0.39 is 17.6 Å². The summed E-state index contributed by atoms with van der Waals surface area (Å²) in [7, 11) is 1.49. The lowest BCUT2D eigenvalue weighted by Gasteiger charge is -2.09. The third-order valence-electron chi connectivity index (χ3n) is 4.62. The maximum atomic E-state index is 12.9. The highest BCUT2D eigenvalue weighted by Crippen LogP contribution is 2.32. The third-order valence-corrected chi connectivity index (χ3v) is 4.62. The van der Waals surface area contributed by atoms with Gasteiger partial charge in [-0.2, -0.15) is 18.3 Å². The molecule has 0 aliphatic heterocycles. The predicted octanol–water partition coefficient (Wildman–Crippen LogP) is 4.38. The highest BCUT2D eigenvalue weighted by atomic mass is 19.4. The molecule has 8 nitrogen and oxygen atoms in total. The first kappa shape index (κ1) is 21.8. The molecule has 33 heavy (non-hydrogen) atoms. The van der Waals surface area contributed by atoms with Crippen LogP contribution in [-0.4, -0.2) is 34.0 Å². The molecule has 2 amide bonds. The maximum absolute atomic E-state index is 12.9. The number of nitrogens with zero attached hydrogens (tertiary/aromatic N) is 2. The van der Waals surface area contributed by atoms with Gasteiger partial charge in [0.25, 0.3) is 11.8 Å². The topological polar surface area (TPSA) is 109 Å². The quantitative estimate of drug-likeness (QED) is 0.414. The number of ether oxygens (including phenoxy) is 1. The second-order valence-corrected chi connectivity index (χ2v) is 6.87. The minimum atomic E-state index is -4.50. The van der Waals surface area contributed by atoms with Crippen molar-refractivity contribution in [3.8, 4) is 11.5 Å². The van der Waals surface area contributed by atoms with Crippen LogP contribution in [0.15, 0.2) is 60.8 Å². The van der Waals surface area contributed by atoms with Crippen LogP contribution in [0.1, 0.15) is 26.5 Å². The molecule has 2 heterocycles. The molecule has 0 bridgehead atoms. The average Bonchev–Trinajstić information content (AvgIpc) is 3.22. The summed E-state index contributed by atoms with van der Waals surface area (Å²) >= 11 is 0. The van der Waals surface area contributed by atoms with E-state index in [1.807, 2.05) is 0 Å². The van der Waals surface area contributed by atoms with Crippen LogP contribution in [0.4, 0.5) is 18.9 Å². The Morgan fingerprint density at radius 3 is 2.55 bits per heavy atom. The van der Waals surface area contributed by atoms with Gasteiger partial charge in [0.05, 0.1) is 11.1 Å². The number of hydrogen-bond donors (Lipinski definition) is 3. The van der Waals surface area contributed by atoms with E-state index >= 15 is 0 Å². The van der Waals surface area contributed by atoms with Gasteiger partial charge in [0, 0.05) is 36.5 Å². The number of pyridine rings is 1. The molecule has 0 aliphatic rings. The molecule has 0 spiro atoms. The van der Waals surface area contributed by atoms with E-state index in [0.717, 1.165) is 12.1 Å². The van der Waals surface area contributed by atoms with Crippen molar-refractivity contribution in [1.29, 1.82) is 0 Å². The molecule has 3 N–H and O–H groups in total. The zero-order valence-corrected chi connectivity index (χ0v) is 17.0. The lowest BCUT2D eigenvalue weighted by Crippen LogP contribution is -2.18. The van der Waals surface area contributed by atoms with E-state index in [1.165, 1.54) is 25.4 Å². The second-order valence-electron chi connectivity index (χ2n) is 6.87. The molecule has 11 heteroatoms. The molecule has 4 rings (SSSR count). The standard InChI is InChI=1S/C22H16F3N5O3/c1-26-20(31)18-11-15(7-8-27-18)33-14-4-2-3-13(10-14)28-21(32)19-16-6-5-12(22(23,24)25)9-17(16)29-30-19/h2-11H,1H3,(H,26,31)(H,28,32)(H,29,30). The number of amides is 2. The van der Waals surface area contributed by atoms with Gasteiger partial charge in [-0.15, -0.1) is 0 Å². The minimum absolute atomic E-state index is 0.0469. The molecular formula is C22H16F3N5O3. The first-order valence-electron chi connectivity index (χ1n) is 9.57. The molecule has 0 fully saturated rings. The van der Waals surface area contributed by atoms with Crippen LogP contribution in [-0.2, 0) is 6.18 Å². The Labute approximate surface area is 184 Å². The number of hydrogen-bond acceptors (Lipinski definition) is 5. The lowest BCUT2D eigenvalue weighted by molar-refractivity contribution is -0.137. The number of carbonyl (C=O) groups excluding carboxylic acids is 2. The van der Waals surface area contributed by atoms with Crippen LogP contribution < -0.4 is 15.4 Å². The molecule has 0 radical (unpaired) electrons. The largest absolute Gasteiger partial charge is 0.457 e. The number of benzene rings is 2. The van der Waals surface area contributed by atoms with E-state index in [9.17, 15) is 22.8 Å². The zero-order chi connectivity index (χ0) is 23.6. The van der Waals surface area contributed by atoms with Crippen LogP contribution >= 0.6 is 0 Å². The van der Waals surface area contributed by atoms with E-state index in [-0.39, 0.29) is 28.2 Å². The molecule has 0 saturated heterocycles. The van der Waals surface area contributed by atoms with E-state index in [1.54, 1.807) is 30.3 Å². The molecule has 4 aromatic rings. The van der Waals surface area contributed by atoms with Gasteiger partial charge in [-0.05, 0) is 36.4 Å². The van der Waals surface area contributed by atoms with Crippen molar-refractivity contribution in [1.82, 2.24) is 20.5 Å². The summed E-state index contributed by atoms with van der Waals surface area (Å²) in [4.78, 5) is 28.4. The van der Waals surface area contributed by atoms with Crippen molar-refractivity contribution in [2.24, 2.45) is 0 Å². The number of aromatic nitrogens is 3. The Bertz CT molecular complexity index is 1350. The fourth-order valence-electron chi connectivity index (χ4n) is 3.06. The fourth-order valence-corrected chi connectivity index (χ4v) is 3.06. The smallest absolute Gasteiger partial charge is 0.416 e. The fraction of sp³-hybridized carbons (Fsp3) is 0.0909. The van der Waals surface area contributed by atoms with Crippen molar-refractivity contribution >= 4 is 28.4 Å². The first-order chi connectivity index (χ1) is 15.7. The first-order valence-corrected chi connectivity index (χ1v) is 9.57. The summed E-state index contributed by atoms with van der Waals surface area (Å²) in [6.07, 6.45) is -3.07. The highest BCUT2D eigenvalue weighted by Gasteiger charge is 2.31. The third kappa shape index (κ3) is 4.76. The van der Waals surface area contributed by atoms with Crippen molar-refractivity contribution in [2.45, 2.75) is 6.18 Å². The van der Waals surface area contributed by atoms with Crippen molar-refractivity contribution < 1.29 is 27.5 Å². The van der Waals surface area contributed by atoms with Gasteiger partial charge < -0.3 is 15.4 Å². The molecule has 0 aliphatic carbocycles. The van der Waals surface area contributed by atoms with Gasteiger partial charge in [-0.3, -0.25) is 19.7 Å². The number of alkyl halides is 3. The molecule has 0 saturated carbocycles. The summed E-state index contributed by atoms with van der Waals surface area (Å²) in [6.45, 7) is 0. The molecule has 0 atom stereocenters. The number of anilines is 1. The summed E-state index contributed by atoms with van der Waals surface area (Å²) in [6, 6.07) is 12.5. The monoisotopic (exact) mass is 455 g/mol. The summed E-state index contributed by atoms with van der Waals surface area (Å²) < 4.78 is 44.4. The SMILES string of the molecule is CNC(=O)c1cc(Oc2cccc(NC(=O)c3n[nH]c4cc(C(F)(F)F)ccc34)c2)ccn1. The van der Waals surface area contributed by atoms with Crippen molar-refractivity contribution in [3.63, 3.8) is 0 Å². The number of aromatic amines is 1. The van der Waals surface area contributed by atoms with Gasteiger partial charge in [-0.1, -0.05) is 6.07 Å². The zero-order valence-electron chi connectivity index (χ0n) is 17.0. The Morgan fingerprint density at radius 2 is 1.79 bits per heavy atom. The Balaban J connectivity index is 1.52. The van der Waals surface area contributed by atoms with Gasteiger partial charge in [0.15, 0.2) is 5.69 Å². The highest BCUT2D eigenvalue weighted by molar-refractivity contribution is 6.11. The number of H-pyrrole nitrogens is 1. The molecule has 2 aromatic heterocycles. The van der Waals surface area contributed by atoms with Gasteiger partial charge >= 0.3 is 6.18 Å². The molecule has 2 aromatic carbocycles. The predicted molar refractivity (Wildman–Crippen MR) is 113 cm³/mol. The number of fused-ring (bicyclic) bond motifs is 1. The van der Waals surface area contributed by atoms with Gasteiger partial charge in [0.1, 0.15) is 17.2 Å². The molecular weight excluding hydrogens is 439 g/mol. The Kier molecular flexibility index (Phi) is 5.69. The van der Waals surface area contributed by atoms with Crippen LogP contribution in [0, 0.1) is 0 Å². The number of carbonyl (C=O) groups is 2. The second kappa shape index (κ2) is 8.61. The lowest BCUT2D eigenvalue weighted by atomic mass is 10.1. The number of rotatable bonds is 5. The van der Waals surface area contributed by atoms with Crippen LogP contribution in [0.25, 0.3) is 10.9 Å². The Morgan fingerprint density at radius 1 is 1.00 bits per heavy atom. The summed E-state index contributed by atoms with van der Waals surface area (Å²) in [5.41, 5.74) is -0.239. The Hall–Kier alpha value is -4.41. The van der Waals surface area contributed by atoms with E-state index in [4.69, 9.17) is 4.74 Å². The van der Waals surface area contributed by atoms with Gasteiger partial charge in [0.2, 0.25) is 0 Å². The van der Waals surface area contributed by atoms with Crippen molar-refractivity contribution in [2.75, 3.05) is 12.4 Å². The average molecular weight is 455 g/mol. The van der Waals surface area contributed by atoms with Crippen LogP contribution in [0.3, 0.4) is 0 Å². The number of nitrogens with one attached hydrogen (secondary N) is 3. The van der Waals surface area contributed by atoms with E-state index in [0.29, 0.717) is 17.2 Å². The summed E-state index contributed by atoms with van der Waals surface area (Å²) in [5, 5.41) is 11.7. The summed E-state index contributed by atoms with van der Waals surface area (Å²) in [5.74, 6) is -0.228. The van der Waals surface area contributed by atoms with Crippen LogP contribution in [0.5, 0.6) is 11.5 Å². The molecule has 0 unspecified atom stereocenters. The number of halogens is 3. The maximum Gasteiger partial charge on any atom is 0.416 e. The molecule has 168 valence electrons. The van der Waals surface area contributed by atoms with E-state index in [2.05, 4.69) is 25.8 Å². The normalized spacial score (nSPS) is 11.3. The van der Waals surface area contributed by atoms with Crippen LogP contribution in [0.2, 0.25) is 0 Å². The van der Waals surface area contributed by atoms with Gasteiger partial charge in [-0.25, -0.2) is 0 Å².